The number of rotatable bonds is 4. The SMILES string of the molecule is COC(=O)c1c(NC(=O)c2cc(-c3ccc(Cl)cc3)oc2C)sc(C)c1C. The van der Waals surface area contributed by atoms with Crippen molar-refractivity contribution in [1.82, 2.24) is 0 Å². The zero-order valence-corrected chi connectivity index (χ0v) is 16.9. The number of methoxy groups -OCH3 is 1. The maximum absolute atomic E-state index is 12.8. The molecule has 140 valence electrons. The van der Waals surface area contributed by atoms with Gasteiger partial charge in [0.15, 0.2) is 0 Å². The van der Waals surface area contributed by atoms with Crippen molar-refractivity contribution in [2.24, 2.45) is 0 Å². The molecule has 0 fully saturated rings. The highest BCUT2D eigenvalue weighted by Crippen LogP contribution is 2.34. The van der Waals surface area contributed by atoms with E-state index in [1.807, 2.05) is 26.0 Å². The van der Waals surface area contributed by atoms with Gasteiger partial charge in [-0.05, 0) is 56.7 Å². The summed E-state index contributed by atoms with van der Waals surface area (Å²) in [5.41, 5.74) is 2.40. The van der Waals surface area contributed by atoms with Gasteiger partial charge in [-0.3, -0.25) is 4.79 Å². The molecule has 0 aliphatic heterocycles. The molecule has 0 radical (unpaired) electrons. The van der Waals surface area contributed by atoms with Crippen LogP contribution in [0.5, 0.6) is 0 Å². The van der Waals surface area contributed by atoms with Crippen LogP contribution in [0, 0.1) is 20.8 Å². The third-order valence-corrected chi connectivity index (χ3v) is 5.67. The second-order valence-electron chi connectivity index (χ2n) is 6.02. The molecule has 1 aromatic carbocycles. The zero-order chi connectivity index (χ0) is 19.7. The van der Waals surface area contributed by atoms with Crippen LogP contribution in [-0.2, 0) is 4.74 Å². The number of anilines is 1. The predicted molar refractivity (Wildman–Crippen MR) is 107 cm³/mol. The monoisotopic (exact) mass is 403 g/mol. The minimum atomic E-state index is -0.474. The fraction of sp³-hybridized carbons (Fsp3) is 0.200. The molecule has 0 spiro atoms. The lowest BCUT2D eigenvalue weighted by Gasteiger charge is -2.05. The van der Waals surface area contributed by atoms with Crippen molar-refractivity contribution in [3.63, 3.8) is 0 Å². The number of benzene rings is 1. The van der Waals surface area contributed by atoms with Crippen LogP contribution in [0.2, 0.25) is 5.02 Å². The number of carbonyl (C=O) groups is 2. The molecular formula is C20H18ClNO4S. The van der Waals surface area contributed by atoms with E-state index >= 15 is 0 Å². The highest BCUT2D eigenvalue weighted by molar-refractivity contribution is 7.16. The van der Waals surface area contributed by atoms with Crippen LogP contribution in [0.4, 0.5) is 5.00 Å². The number of thiophene rings is 1. The van der Waals surface area contributed by atoms with Gasteiger partial charge in [0.05, 0.1) is 18.2 Å². The molecule has 3 aromatic rings. The first kappa shape index (κ1) is 19.2. The van der Waals surface area contributed by atoms with Crippen LogP contribution in [-0.4, -0.2) is 19.0 Å². The Morgan fingerprint density at radius 1 is 1.15 bits per heavy atom. The summed E-state index contributed by atoms with van der Waals surface area (Å²) in [5.74, 6) is 0.240. The summed E-state index contributed by atoms with van der Waals surface area (Å²) in [7, 11) is 1.32. The van der Waals surface area contributed by atoms with Crippen LogP contribution in [0.1, 0.15) is 36.9 Å². The Hall–Kier alpha value is -2.57. The van der Waals surface area contributed by atoms with E-state index < -0.39 is 5.97 Å². The lowest BCUT2D eigenvalue weighted by Crippen LogP contribution is -2.14. The van der Waals surface area contributed by atoms with Gasteiger partial charge >= 0.3 is 5.97 Å². The third-order valence-electron chi connectivity index (χ3n) is 4.29. The average Bonchev–Trinajstić information content (AvgIpc) is 3.15. The molecule has 2 aromatic heterocycles. The number of esters is 1. The first-order chi connectivity index (χ1) is 12.8. The fourth-order valence-electron chi connectivity index (χ4n) is 2.70. The van der Waals surface area contributed by atoms with Gasteiger partial charge in [0, 0.05) is 15.5 Å². The van der Waals surface area contributed by atoms with Crippen LogP contribution in [0.15, 0.2) is 34.7 Å². The van der Waals surface area contributed by atoms with E-state index in [0.29, 0.717) is 32.7 Å². The van der Waals surface area contributed by atoms with Gasteiger partial charge in [-0.1, -0.05) is 11.6 Å². The van der Waals surface area contributed by atoms with Gasteiger partial charge in [0.25, 0.3) is 5.91 Å². The molecular weight excluding hydrogens is 386 g/mol. The Balaban J connectivity index is 1.91. The lowest BCUT2D eigenvalue weighted by molar-refractivity contribution is 0.0601. The van der Waals surface area contributed by atoms with E-state index in [9.17, 15) is 9.59 Å². The molecule has 1 N–H and O–H groups in total. The minimum absolute atomic E-state index is 0.345. The second kappa shape index (κ2) is 7.58. The van der Waals surface area contributed by atoms with Crippen molar-refractivity contribution < 1.29 is 18.7 Å². The highest BCUT2D eigenvalue weighted by atomic mass is 35.5. The number of furan rings is 1. The molecule has 0 saturated heterocycles. The van der Waals surface area contributed by atoms with Crippen molar-refractivity contribution in [3.05, 3.63) is 62.7 Å². The number of hydrogen-bond acceptors (Lipinski definition) is 5. The molecule has 0 aliphatic carbocycles. The van der Waals surface area contributed by atoms with E-state index in [4.69, 9.17) is 20.8 Å². The van der Waals surface area contributed by atoms with E-state index in [2.05, 4.69) is 5.32 Å². The number of ether oxygens (including phenoxy) is 1. The van der Waals surface area contributed by atoms with Crippen molar-refractivity contribution in [2.45, 2.75) is 20.8 Å². The fourth-order valence-corrected chi connectivity index (χ4v) is 3.87. The summed E-state index contributed by atoms with van der Waals surface area (Å²) in [6.45, 7) is 5.44. The smallest absolute Gasteiger partial charge is 0.341 e. The third kappa shape index (κ3) is 3.77. The number of halogens is 1. The predicted octanol–water partition coefficient (Wildman–Crippen LogP) is 5.63. The molecule has 0 saturated carbocycles. The quantitative estimate of drug-likeness (QED) is 0.573. The highest BCUT2D eigenvalue weighted by Gasteiger charge is 2.23. The normalized spacial score (nSPS) is 10.7. The Bertz CT molecular complexity index is 1020. The summed E-state index contributed by atoms with van der Waals surface area (Å²) >= 11 is 7.25. The summed E-state index contributed by atoms with van der Waals surface area (Å²) in [6.07, 6.45) is 0. The van der Waals surface area contributed by atoms with Gasteiger partial charge in [-0.15, -0.1) is 11.3 Å². The van der Waals surface area contributed by atoms with Crippen LogP contribution in [0.3, 0.4) is 0 Å². The van der Waals surface area contributed by atoms with Crippen molar-refractivity contribution in [3.8, 4) is 11.3 Å². The average molecular weight is 404 g/mol. The molecule has 0 bridgehead atoms. The van der Waals surface area contributed by atoms with Crippen LogP contribution in [0.25, 0.3) is 11.3 Å². The van der Waals surface area contributed by atoms with E-state index in [1.165, 1.54) is 18.4 Å². The number of nitrogens with one attached hydrogen (secondary N) is 1. The second-order valence-corrected chi connectivity index (χ2v) is 7.68. The summed E-state index contributed by atoms with van der Waals surface area (Å²) < 4.78 is 10.6. The van der Waals surface area contributed by atoms with Crippen LogP contribution >= 0.6 is 22.9 Å². The van der Waals surface area contributed by atoms with Gasteiger partial charge < -0.3 is 14.5 Å². The van der Waals surface area contributed by atoms with Gasteiger partial charge in [0.1, 0.15) is 16.5 Å². The summed E-state index contributed by atoms with van der Waals surface area (Å²) in [6, 6.07) is 8.84. The maximum atomic E-state index is 12.8. The summed E-state index contributed by atoms with van der Waals surface area (Å²) in [5, 5.41) is 3.91. The van der Waals surface area contributed by atoms with E-state index in [1.54, 1.807) is 25.1 Å². The summed E-state index contributed by atoms with van der Waals surface area (Å²) in [4.78, 5) is 25.8. The van der Waals surface area contributed by atoms with Crippen molar-refractivity contribution in [1.29, 1.82) is 0 Å². The standard InChI is InChI=1S/C20H18ClNO4S/c1-10-12(3)27-19(17(10)20(24)25-4)22-18(23)15-9-16(26-11(15)2)13-5-7-14(21)8-6-13/h5-9H,1-4H3,(H,22,23). The van der Waals surface area contributed by atoms with Gasteiger partial charge in [-0.25, -0.2) is 4.79 Å². The molecule has 27 heavy (non-hydrogen) atoms. The van der Waals surface area contributed by atoms with Gasteiger partial charge in [-0.2, -0.15) is 0 Å². The zero-order valence-electron chi connectivity index (χ0n) is 15.3. The van der Waals surface area contributed by atoms with Crippen LogP contribution < -0.4 is 5.32 Å². The number of carbonyl (C=O) groups excluding carboxylic acids is 2. The molecule has 2 heterocycles. The maximum Gasteiger partial charge on any atom is 0.341 e. The topological polar surface area (TPSA) is 68.5 Å². The van der Waals surface area contributed by atoms with Crippen molar-refractivity contribution >= 4 is 39.8 Å². The minimum Gasteiger partial charge on any atom is -0.465 e. The molecule has 5 nitrogen and oxygen atoms in total. The molecule has 0 atom stereocenters. The first-order valence-electron chi connectivity index (χ1n) is 8.17. The number of hydrogen-bond donors (Lipinski definition) is 1. The largest absolute Gasteiger partial charge is 0.465 e. The molecule has 0 aliphatic rings. The van der Waals surface area contributed by atoms with E-state index in [0.717, 1.165) is 16.0 Å². The number of amides is 1. The molecule has 0 unspecified atom stereocenters. The number of aryl methyl sites for hydroxylation is 2. The Morgan fingerprint density at radius 2 is 1.81 bits per heavy atom. The molecule has 1 amide bonds. The molecule has 7 heteroatoms. The van der Waals surface area contributed by atoms with Gasteiger partial charge in [0.2, 0.25) is 0 Å². The van der Waals surface area contributed by atoms with E-state index in [-0.39, 0.29) is 5.91 Å². The molecule has 3 rings (SSSR count). The first-order valence-corrected chi connectivity index (χ1v) is 9.37. The Labute approximate surface area is 165 Å². The Morgan fingerprint density at radius 3 is 2.44 bits per heavy atom. The Kier molecular flexibility index (Phi) is 5.39. The lowest BCUT2D eigenvalue weighted by atomic mass is 10.1. The van der Waals surface area contributed by atoms with Crippen molar-refractivity contribution in [2.75, 3.05) is 12.4 Å².